The summed E-state index contributed by atoms with van der Waals surface area (Å²) in [7, 11) is 0. The Labute approximate surface area is 132 Å². The normalized spacial score (nSPS) is 21.3. The van der Waals surface area contributed by atoms with Crippen molar-refractivity contribution < 1.29 is 22.7 Å². The van der Waals surface area contributed by atoms with Crippen LogP contribution in [0.25, 0.3) is 0 Å². The number of amides is 1. The lowest BCUT2D eigenvalue weighted by atomic mass is 10.1. The van der Waals surface area contributed by atoms with Gasteiger partial charge in [-0.1, -0.05) is 12.1 Å². The number of halogens is 4. The predicted molar refractivity (Wildman–Crippen MR) is 77.5 cm³/mol. The third kappa shape index (κ3) is 4.86. The summed E-state index contributed by atoms with van der Waals surface area (Å²) < 4.78 is 42.7. The fraction of sp³-hybridized carbons (Fsp3) is 0.500. The van der Waals surface area contributed by atoms with Gasteiger partial charge in [-0.2, -0.15) is 13.2 Å². The maximum atomic E-state index is 12.4. The van der Waals surface area contributed by atoms with E-state index in [0.717, 1.165) is 18.6 Å². The zero-order valence-corrected chi connectivity index (χ0v) is 12.5. The average Bonchev–Trinajstić information content (AvgIpc) is 2.93. The van der Waals surface area contributed by atoms with Crippen LogP contribution >= 0.6 is 12.4 Å². The third-order valence-corrected chi connectivity index (χ3v) is 3.41. The van der Waals surface area contributed by atoms with Crippen molar-refractivity contribution in [1.82, 2.24) is 5.32 Å². The summed E-state index contributed by atoms with van der Waals surface area (Å²) in [4.78, 5) is 11.8. The highest BCUT2D eigenvalue weighted by molar-refractivity contribution is 5.85. The van der Waals surface area contributed by atoms with Gasteiger partial charge in [0.1, 0.15) is 6.10 Å². The van der Waals surface area contributed by atoms with Crippen LogP contribution in [0.15, 0.2) is 24.3 Å². The maximum Gasteiger partial charge on any atom is 0.416 e. The number of alkyl halides is 3. The Morgan fingerprint density at radius 3 is 2.41 bits per heavy atom. The molecule has 124 valence electrons. The first kappa shape index (κ1) is 18.7. The third-order valence-electron chi connectivity index (χ3n) is 3.41. The molecule has 2 rings (SSSR count). The SMILES string of the molecule is Cl.NC[C@H]1CC[C@@H](C(=O)NCc2ccc(C(F)(F)F)cc2)O1. The van der Waals surface area contributed by atoms with Crippen molar-refractivity contribution in [2.75, 3.05) is 6.54 Å². The van der Waals surface area contributed by atoms with Gasteiger partial charge in [-0.3, -0.25) is 4.79 Å². The molecular weight excluding hydrogens is 321 g/mol. The second kappa shape index (κ2) is 7.80. The first-order valence-corrected chi connectivity index (χ1v) is 6.69. The first-order chi connectivity index (χ1) is 9.90. The molecule has 1 aromatic carbocycles. The van der Waals surface area contributed by atoms with Crippen molar-refractivity contribution in [2.24, 2.45) is 5.73 Å². The highest BCUT2D eigenvalue weighted by Gasteiger charge is 2.31. The van der Waals surface area contributed by atoms with Gasteiger partial charge in [0.25, 0.3) is 0 Å². The molecule has 4 nitrogen and oxygen atoms in total. The van der Waals surface area contributed by atoms with Crippen molar-refractivity contribution in [3.63, 3.8) is 0 Å². The molecule has 3 N–H and O–H groups in total. The van der Waals surface area contributed by atoms with Crippen LogP contribution < -0.4 is 11.1 Å². The summed E-state index contributed by atoms with van der Waals surface area (Å²) in [6, 6.07) is 4.69. The quantitative estimate of drug-likeness (QED) is 0.885. The van der Waals surface area contributed by atoms with Gasteiger partial charge in [0.2, 0.25) is 5.91 Å². The van der Waals surface area contributed by atoms with Crippen LogP contribution in [-0.4, -0.2) is 24.7 Å². The lowest BCUT2D eigenvalue weighted by molar-refractivity contribution is -0.137. The second-order valence-corrected chi connectivity index (χ2v) is 4.97. The minimum atomic E-state index is -4.35. The van der Waals surface area contributed by atoms with Crippen molar-refractivity contribution in [3.8, 4) is 0 Å². The van der Waals surface area contributed by atoms with Crippen LogP contribution in [0.5, 0.6) is 0 Å². The molecule has 2 atom stereocenters. The zero-order valence-electron chi connectivity index (χ0n) is 11.7. The summed E-state index contributed by atoms with van der Waals surface area (Å²) in [6.45, 7) is 0.548. The molecule has 8 heteroatoms. The van der Waals surface area contributed by atoms with E-state index in [-0.39, 0.29) is 31.0 Å². The van der Waals surface area contributed by atoms with Gasteiger partial charge in [-0.25, -0.2) is 0 Å². The van der Waals surface area contributed by atoms with Crippen molar-refractivity contribution >= 4 is 18.3 Å². The Morgan fingerprint density at radius 2 is 1.91 bits per heavy atom. The molecule has 22 heavy (non-hydrogen) atoms. The number of rotatable bonds is 4. The predicted octanol–water partition coefficient (Wildman–Crippen LogP) is 2.25. The summed E-state index contributed by atoms with van der Waals surface area (Å²) in [5.41, 5.74) is 5.36. The van der Waals surface area contributed by atoms with E-state index >= 15 is 0 Å². The van der Waals surface area contributed by atoms with Gasteiger partial charge < -0.3 is 15.8 Å². The van der Waals surface area contributed by atoms with E-state index in [1.165, 1.54) is 12.1 Å². The molecule has 1 saturated heterocycles. The molecule has 0 aromatic heterocycles. The Hall–Kier alpha value is -1.31. The van der Waals surface area contributed by atoms with Gasteiger partial charge in [-0.15, -0.1) is 12.4 Å². The Kier molecular flexibility index (Phi) is 6.65. The van der Waals surface area contributed by atoms with E-state index in [1.807, 2.05) is 0 Å². The van der Waals surface area contributed by atoms with Crippen LogP contribution in [0.1, 0.15) is 24.0 Å². The highest BCUT2D eigenvalue weighted by Crippen LogP contribution is 2.29. The lowest BCUT2D eigenvalue weighted by Gasteiger charge is -2.13. The van der Waals surface area contributed by atoms with E-state index in [9.17, 15) is 18.0 Å². The Morgan fingerprint density at radius 1 is 1.27 bits per heavy atom. The molecule has 0 saturated carbocycles. The smallest absolute Gasteiger partial charge is 0.364 e. The Bertz CT molecular complexity index is 494. The van der Waals surface area contributed by atoms with E-state index in [1.54, 1.807) is 0 Å². The van der Waals surface area contributed by atoms with Crippen LogP contribution in [0.4, 0.5) is 13.2 Å². The number of benzene rings is 1. The van der Waals surface area contributed by atoms with Gasteiger partial charge in [0.05, 0.1) is 11.7 Å². The molecule has 1 aliphatic heterocycles. The summed E-state index contributed by atoms with van der Waals surface area (Å²) in [5, 5.41) is 2.66. The van der Waals surface area contributed by atoms with Crippen LogP contribution in [0, 0.1) is 0 Å². The van der Waals surface area contributed by atoms with Crippen LogP contribution in [-0.2, 0) is 22.3 Å². The number of ether oxygens (including phenoxy) is 1. The van der Waals surface area contributed by atoms with Gasteiger partial charge >= 0.3 is 6.18 Å². The minimum Gasteiger partial charge on any atom is -0.364 e. The number of hydrogen-bond acceptors (Lipinski definition) is 3. The number of hydrogen-bond donors (Lipinski definition) is 2. The number of nitrogens with two attached hydrogens (primary N) is 1. The van der Waals surface area contributed by atoms with Crippen molar-refractivity contribution in [1.29, 1.82) is 0 Å². The highest BCUT2D eigenvalue weighted by atomic mass is 35.5. The molecule has 0 bridgehead atoms. The monoisotopic (exact) mass is 338 g/mol. The van der Waals surface area contributed by atoms with E-state index in [2.05, 4.69) is 5.32 Å². The summed E-state index contributed by atoms with van der Waals surface area (Å²) in [6.07, 6.45) is -3.61. The van der Waals surface area contributed by atoms with Crippen molar-refractivity contribution in [3.05, 3.63) is 35.4 Å². The lowest BCUT2D eigenvalue weighted by Crippen LogP contribution is -2.35. The Balaban J connectivity index is 0.00000242. The fourth-order valence-corrected chi connectivity index (χ4v) is 2.19. The fourth-order valence-electron chi connectivity index (χ4n) is 2.19. The van der Waals surface area contributed by atoms with E-state index < -0.39 is 17.8 Å². The topological polar surface area (TPSA) is 64.4 Å². The molecule has 1 aromatic rings. The standard InChI is InChI=1S/C14H17F3N2O2.ClH/c15-14(16,17)10-3-1-9(2-4-10)8-19-13(20)12-6-5-11(7-18)21-12;/h1-4,11-12H,5-8,18H2,(H,19,20);1H/t11-,12+;/m1./s1. The molecular formula is C14H18ClF3N2O2. The molecule has 0 radical (unpaired) electrons. The summed E-state index contributed by atoms with van der Waals surface area (Å²) in [5.74, 6) is -0.258. The molecule has 0 spiro atoms. The average molecular weight is 339 g/mol. The molecule has 1 aliphatic rings. The van der Waals surface area contributed by atoms with Gasteiger partial charge in [-0.05, 0) is 30.5 Å². The molecule has 0 unspecified atom stereocenters. The summed E-state index contributed by atoms with van der Waals surface area (Å²) >= 11 is 0. The molecule has 1 amide bonds. The maximum absolute atomic E-state index is 12.4. The van der Waals surface area contributed by atoms with E-state index in [0.29, 0.717) is 18.5 Å². The minimum absolute atomic E-state index is 0. The largest absolute Gasteiger partial charge is 0.416 e. The molecule has 0 aliphatic carbocycles. The molecule has 1 fully saturated rings. The number of nitrogens with one attached hydrogen (secondary N) is 1. The van der Waals surface area contributed by atoms with Gasteiger partial charge in [0.15, 0.2) is 0 Å². The second-order valence-electron chi connectivity index (χ2n) is 4.97. The van der Waals surface area contributed by atoms with Gasteiger partial charge in [0, 0.05) is 13.1 Å². The van der Waals surface area contributed by atoms with Crippen LogP contribution in [0.2, 0.25) is 0 Å². The van der Waals surface area contributed by atoms with Crippen molar-refractivity contribution in [2.45, 2.75) is 37.8 Å². The zero-order chi connectivity index (χ0) is 15.5. The van der Waals surface area contributed by atoms with Crippen LogP contribution in [0.3, 0.4) is 0 Å². The van der Waals surface area contributed by atoms with E-state index in [4.69, 9.17) is 10.5 Å². The number of carbonyl (C=O) groups excluding carboxylic acids is 1. The number of carbonyl (C=O) groups is 1. The molecule has 1 heterocycles. The first-order valence-electron chi connectivity index (χ1n) is 6.69.